The molecule has 11 heteroatoms. The number of nitrogens with two attached hydrogens (primary N) is 1. The van der Waals surface area contributed by atoms with Gasteiger partial charge in [0.05, 0.1) is 0 Å². The number of ether oxygens (including phenoxy) is 1. The second-order valence-electron chi connectivity index (χ2n) is 7.71. The molecule has 2 rings (SSSR count). The number of hydrogen-bond donors (Lipinski definition) is 6. The number of nitrogens with zero attached hydrogens (tertiary/aromatic N) is 1. The molecule has 0 amide bonds. The molecule has 1 aliphatic rings. The number of rotatable bonds is 10. The Morgan fingerprint density at radius 3 is 2.41 bits per heavy atom. The Morgan fingerprint density at radius 2 is 1.93 bits per heavy atom. The minimum absolute atomic E-state index is 0.00551. The van der Waals surface area contributed by atoms with Gasteiger partial charge >= 0.3 is 19.1 Å². The minimum atomic E-state index is -1.56. The molecule has 1 fully saturated rings. The molecule has 1 heterocycles. The number of likely N-dealkylation sites (tertiary alicyclic amines) is 1. The molecule has 0 spiro atoms. The van der Waals surface area contributed by atoms with Crippen molar-refractivity contribution < 1.29 is 39.7 Å². The minimum Gasteiger partial charge on any atom is -0.507 e. The van der Waals surface area contributed by atoms with Crippen molar-refractivity contribution in [3.05, 3.63) is 23.3 Å². The number of aryl methyl sites for hydroxylation is 1. The lowest BCUT2D eigenvalue weighted by molar-refractivity contribution is -0.147. The van der Waals surface area contributed by atoms with E-state index in [1.165, 1.54) is 12.1 Å². The summed E-state index contributed by atoms with van der Waals surface area (Å²) in [6.45, 7) is 4.36. The fraction of sp³-hybridized carbons (Fsp3) is 0.556. The van der Waals surface area contributed by atoms with Crippen LogP contribution in [0, 0.1) is 5.92 Å². The largest absolute Gasteiger partial charge is 0.507 e. The Hall–Kier alpha value is -2.34. The van der Waals surface area contributed by atoms with Crippen LogP contribution in [0.4, 0.5) is 0 Å². The molecule has 0 bridgehead atoms. The van der Waals surface area contributed by atoms with Crippen LogP contribution in [-0.4, -0.2) is 80.6 Å². The van der Waals surface area contributed by atoms with Gasteiger partial charge in [-0.25, -0.2) is 4.79 Å². The highest BCUT2D eigenvalue weighted by Gasteiger charge is 2.43. The highest BCUT2D eigenvalue weighted by molar-refractivity contribution is 6.41. The second-order valence-corrected chi connectivity index (χ2v) is 7.71. The molecule has 7 N–H and O–H groups in total. The molecular formula is C18H27BN2O8. The Bertz CT molecular complexity index is 766. The van der Waals surface area contributed by atoms with Gasteiger partial charge in [-0.05, 0) is 30.3 Å². The maximum absolute atomic E-state index is 11.6. The van der Waals surface area contributed by atoms with Crippen LogP contribution < -0.4 is 10.5 Å². The summed E-state index contributed by atoms with van der Waals surface area (Å²) in [6.07, 6.45) is -0.336. The van der Waals surface area contributed by atoms with Crippen LogP contribution >= 0.6 is 0 Å². The van der Waals surface area contributed by atoms with Gasteiger partial charge in [0.1, 0.15) is 28.7 Å². The van der Waals surface area contributed by atoms with Gasteiger partial charge in [0.15, 0.2) is 0 Å². The van der Waals surface area contributed by atoms with Crippen LogP contribution in [0.1, 0.15) is 29.8 Å². The second kappa shape index (κ2) is 8.99. The number of aromatic carboxylic acids is 1. The molecule has 10 nitrogen and oxygen atoms in total. The van der Waals surface area contributed by atoms with Crippen LogP contribution in [-0.2, 0) is 11.2 Å². The van der Waals surface area contributed by atoms with E-state index in [-0.39, 0.29) is 42.6 Å². The predicted molar refractivity (Wildman–Crippen MR) is 104 cm³/mol. The van der Waals surface area contributed by atoms with E-state index in [0.717, 1.165) is 0 Å². The number of carbonyl (C=O) groups is 2. The van der Waals surface area contributed by atoms with E-state index in [1.54, 1.807) is 13.8 Å². The van der Waals surface area contributed by atoms with Gasteiger partial charge in [-0.2, -0.15) is 0 Å². The van der Waals surface area contributed by atoms with Gasteiger partial charge in [0.25, 0.3) is 0 Å². The number of hydrogen-bond acceptors (Lipinski definition) is 8. The first-order chi connectivity index (χ1) is 13.5. The van der Waals surface area contributed by atoms with Gasteiger partial charge in [-0.15, -0.1) is 0 Å². The molecule has 0 aromatic heterocycles. The molecule has 1 saturated heterocycles. The summed E-state index contributed by atoms with van der Waals surface area (Å²) in [5, 5.41) is 47.0. The molecule has 1 aliphatic heterocycles. The van der Waals surface area contributed by atoms with Crippen LogP contribution in [0.2, 0.25) is 6.32 Å². The van der Waals surface area contributed by atoms with Crippen molar-refractivity contribution in [2.75, 3.05) is 19.6 Å². The van der Waals surface area contributed by atoms with E-state index in [0.29, 0.717) is 13.1 Å². The molecule has 160 valence electrons. The molecule has 29 heavy (non-hydrogen) atoms. The zero-order valence-corrected chi connectivity index (χ0v) is 16.4. The van der Waals surface area contributed by atoms with Crippen molar-refractivity contribution in [2.45, 2.75) is 38.2 Å². The maximum Gasteiger partial charge on any atom is 0.451 e. The average molecular weight is 410 g/mol. The topological polar surface area (TPSA) is 174 Å². The number of phenols is 1. The van der Waals surface area contributed by atoms with Crippen LogP contribution in [0.15, 0.2) is 12.1 Å². The standard InChI is InChI=1S/C18H27BN2O8/c1-10(2)18(20,17(25)26)9-21-7-12(8-21)29-13-4-3-11(5-6-19(27)28)15(22)14(13)16(23)24/h3-4,10,12,22,27-28H,5-9,20H2,1-2H3,(H,23,24)(H,25,26). The van der Waals surface area contributed by atoms with Gasteiger partial charge < -0.3 is 35.8 Å². The molecule has 1 atom stereocenters. The number of aromatic hydroxyl groups is 1. The Labute approximate surface area is 168 Å². The van der Waals surface area contributed by atoms with Gasteiger partial charge in [-0.1, -0.05) is 19.9 Å². The summed E-state index contributed by atoms with van der Waals surface area (Å²) in [7, 11) is -1.56. The first-order valence-electron chi connectivity index (χ1n) is 9.31. The van der Waals surface area contributed by atoms with Crippen molar-refractivity contribution >= 4 is 19.1 Å². The summed E-state index contributed by atoms with van der Waals surface area (Å²) < 4.78 is 5.70. The maximum atomic E-state index is 11.6. The van der Waals surface area contributed by atoms with E-state index in [1.807, 2.05) is 4.90 Å². The first kappa shape index (κ1) is 22.9. The molecule has 1 unspecified atom stereocenters. The Balaban J connectivity index is 2.05. The van der Waals surface area contributed by atoms with E-state index in [4.69, 9.17) is 20.5 Å². The van der Waals surface area contributed by atoms with Crippen LogP contribution in [0.5, 0.6) is 11.5 Å². The number of benzene rings is 1. The van der Waals surface area contributed by atoms with Gasteiger partial charge in [0.2, 0.25) is 0 Å². The summed E-state index contributed by atoms with van der Waals surface area (Å²) in [6, 6.07) is 2.90. The molecule has 1 aromatic rings. The van der Waals surface area contributed by atoms with Crippen LogP contribution in [0.25, 0.3) is 0 Å². The smallest absolute Gasteiger partial charge is 0.451 e. The lowest BCUT2D eigenvalue weighted by atomic mass is 9.82. The monoisotopic (exact) mass is 410 g/mol. The van der Waals surface area contributed by atoms with E-state index in [9.17, 15) is 24.9 Å². The van der Waals surface area contributed by atoms with Crippen LogP contribution in [0.3, 0.4) is 0 Å². The van der Waals surface area contributed by atoms with E-state index in [2.05, 4.69) is 0 Å². The number of carboxylic acid groups (broad SMARTS) is 2. The molecular weight excluding hydrogens is 383 g/mol. The average Bonchev–Trinajstić information content (AvgIpc) is 2.57. The zero-order chi connectivity index (χ0) is 21.9. The van der Waals surface area contributed by atoms with Crippen molar-refractivity contribution in [2.24, 2.45) is 11.7 Å². The predicted octanol–water partition coefficient (Wildman–Crippen LogP) is -0.393. The summed E-state index contributed by atoms with van der Waals surface area (Å²) >= 11 is 0. The highest BCUT2D eigenvalue weighted by atomic mass is 16.5. The van der Waals surface area contributed by atoms with E-state index >= 15 is 0 Å². The van der Waals surface area contributed by atoms with Crippen molar-refractivity contribution in [1.82, 2.24) is 4.90 Å². The zero-order valence-electron chi connectivity index (χ0n) is 16.4. The Kier molecular flexibility index (Phi) is 7.12. The van der Waals surface area contributed by atoms with Gasteiger partial charge in [0, 0.05) is 19.6 Å². The summed E-state index contributed by atoms with van der Waals surface area (Å²) in [5.41, 5.74) is 4.49. The molecule has 0 radical (unpaired) electrons. The van der Waals surface area contributed by atoms with Crippen molar-refractivity contribution in [3.63, 3.8) is 0 Å². The highest BCUT2D eigenvalue weighted by Crippen LogP contribution is 2.34. The summed E-state index contributed by atoms with van der Waals surface area (Å²) in [5.74, 6) is -3.21. The third kappa shape index (κ3) is 5.18. The lowest BCUT2D eigenvalue weighted by Gasteiger charge is -2.43. The summed E-state index contributed by atoms with van der Waals surface area (Å²) in [4.78, 5) is 24.9. The quantitative estimate of drug-likeness (QED) is 0.279. The fourth-order valence-electron chi connectivity index (χ4n) is 3.18. The first-order valence-corrected chi connectivity index (χ1v) is 9.31. The normalized spacial score (nSPS) is 16.9. The Morgan fingerprint density at radius 1 is 1.31 bits per heavy atom. The number of aliphatic carboxylic acids is 1. The van der Waals surface area contributed by atoms with E-state index < -0.39 is 35.9 Å². The fourth-order valence-corrected chi connectivity index (χ4v) is 3.18. The molecule has 0 saturated carbocycles. The molecule has 0 aliphatic carbocycles. The van der Waals surface area contributed by atoms with Gasteiger partial charge in [-0.3, -0.25) is 9.69 Å². The molecule has 1 aromatic carbocycles. The van der Waals surface area contributed by atoms with Crippen molar-refractivity contribution in [1.29, 1.82) is 0 Å². The SMILES string of the molecule is CC(C)C(N)(CN1CC(Oc2ccc(CCB(O)O)c(O)c2C(=O)O)C1)C(=O)O. The third-order valence-electron chi connectivity index (χ3n) is 5.24. The lowest BCUT2D eigenvalue weighted by Crippen LogP contribution is -2.65. The third-order valence-corrected chi connectivity index (χ3v) is 5.24. The number of carboxylic acids is 2. The van der Waals surface area contributed by atoms with Crippen molar-refractivity contribution in [3.8, 4) is 11.5 Å².